The molecule has 0 spiro atoms. The zero-order chi connectivity index (χ0) is 26.9. The molecule has 1 aliphatic rings. The molecule has 1 fully saturated rings. The number of hydrogen-bond donors (Lipinski definition) is 1. The number of thiazole rings is 1. The normalized spacial score (nSPS) is 14.1. The lowest BCUT2D eigenvalue weighted by Gasteiger charge is -2.26. The van der Waals surface area contributed by atoms with Gasteiger partial charge in [0.15, 0.2) is 10.8 Å². The van der Waals surface area contributed by atoms with E-state index < -0.39 is 16.0 Å². The van der Waals surface area contributed by atoms with Gasteiger partial charge in [-0.25, -0.2) is 23.3 Å². The molecular formula is C26H26N4O6S2. The van der Waals surface area contributed by atoms with Gasteiger partial charge in [0, 0.05) is 35.6 Å². The van der Waals surface area contributed by atoms with Crippen LogP contribution >= 0.6 is 11.3 Å². The van der Waals surface area contributed by atoms with Crippen LogP contribution in [0, 0.1) is 0 Å². The van der Waals surface area contributed by atoms with Crippen LogP contribution in [0.3, 0.4) is 0 Å². The summed E-state index contributed by atoms with van der Waals surface area (Å²) in [5, 5.41) is 8.33. The zero-order valence-electron chi connectivity index (χ0n) is 20.6. The third kappa shape index (κ3) is 5.34. The Morgan fingerprint density at radius 2 is 1.87 bits per heavy atom. The Hall–Kier alpha value is -3.58. The summed E-state index contributed by atoms with van der Waals surface area (Å²) in [4.78, 5) is 31.7. The van der Waals surface area contributed by atoms with Gasteiger partial charge in [-0.05, 0) is 54.8 Å². The van der Waals surface area contributed by atoms with Crippen molar-refractivity contribution in [2.24, 2.45) is 5.14 Å². The molecule has 0 saturated carbocycles. The zero-order valence-corrected chi connectivity index (χ0v) is 22.3. The summed E-state index contributed by atoms with van der Waals surface area (Å²) in [6.45, 7) is 4.09. The topological polar surface area (TPSA) is 134 Å². The van der Waals surface area contributed by atoms with Crippen LogP contribution < -0.4 is 5.14 Å². The van der Waals surface area contributed by atoms with E-state index in [4.69, 9.17) is 14.6 Å². The summed E-state index contributed by atoms with van der Waals surface area (Å²) in [7, 11) is -3.79. The highest BCUT2D eigenvalue weighted by atomic mass is 32.2. The SMILES string of the molecule is CCOC(=O)c1csc(-n2cc(Cc3ccc(S(N)(=O)=O)cc3)c3cc(C(=O)N4CCOCC4)ccc32)n1. The first kappa shape index (κ1) is 26.0. The molecule has 2 aromatic carbocycles. The fourth-order valence-electron chi connectivity index (χ4n) is 4.37. The number of esters is 1. The van der Waals surface area contributed by atoms with Gasteiger partial charge in [-0.2, -0.15) is 0 Å². The van der Waals surface area contributed by atoms with Crippen molar-refractivity contribution >= 4 is 44.1 Å². The van der Waals surface area contributed by atoms with E-state index in [0.717, 1.165) is 22.0 Å². The molecule has 198 valence electrons. The number of rotatable bonds is 7. The largest absolute Gasteiger partial charge is 0.461 e. The quantitative estimate of drug-likeness (QED) is 0.347. The lowest BCUT2D eigenvalue weighted by atomic mass is 10.0. The molecule has 1 amide bonds. The summed E-state index contributed by atoms with van der Waals surface area (Å²) >= 11 is 1.31. The summed E-state index contributed by atoms with van der Waals surface area (Å²) in [6.07, 6.45) is 2.40. The number of aromatic nitrogens is 2. The third-order valence-corrected chi connectivity index (χ3v) is 8.03. The monoisotopic (exact) mass is 554 g/mol. The molecule has 1 saturated heterocycles. The highest BCUT2D eigenvalue weighted by Gasteiger charge is 2.21. The number of primary sulfonamides is 1. The van der Waals surface area contributed by atoms with E-state index in [9.17, 15) is 18.0 Å². The summed E-state index contributed by atoms with van der Waals surface area (Å²) in [5.41, 5.74) is 3.40. The van der Waals surface area contributed by atoms with Crippen molar-refractivity contribution in [2.45, 2.75) is 18.2 Å². The average Bonchev–Trinajstić information content (AvgIpc) is 3.54. The van der Waals surface area contributed by atoms with E-state index in [1.807, 2.05) is 22.9 Å². The van der Waals surface area contributed by atoms with E-state index in [0.29, 0.717) is 43.4 Å². The van der Waals surface area contributed by atoms with E-state index >= 15 is 0 Å². The second-order valence-electron chi connectivity index (χ2n) is 8.76. The van der Waals surface area contributed by atoms with Crippen LogP contribution in [0.2, 0.25) is 0 Å². The second-order valence-corrected chi connectivity index (χ2v) is 11.2. The predicted molar refractivity (Wildman–Crippen MR) is 142 cm³/mol. The lowest BCUT2D eigenvalue weighted by molar-refractivity contribution is 0.0303. The van der Waals surface area contributed by atoms with Gasteiger partial charge in [-0.1, -0.05) is 12.1 Å². The minimum Gasteiger partial charge on any atom is -0.461 e. The summed E-state index contributed by atoms with van der Waals surface area (Å²) in [5.74, 6) is -0.551. The van der Waals surface area contributed by atoms with Crippen LogP contribution in [-0.4, -0.2) is 67.7 Å². The maximum absolute atomic E-state index is 13.2. The Balaban J connectivity index is 1.56. The lowest BCUT2D eigenvalue weighted by Crippen LogP contribution is -2.40. The predicted octanol–water partition coefficient (Wildman–Crippen LogP) is 2.97. The maximum atomic E-state index is 13.2. The van der Waals surface area contributed by atoms with Crippen LogP contribution in [0.5, 0.6) is 0 Å². The van der Waals surface area contributed by atoms with Gasteiger partial charge in [0.25, 0.3) is 5.91 Å². The Morgan fingerprint density at radius 3 is 2.55 bits per heavy atom. The Kier molecular flexibility index (Phi) is 7.30. The van der Waals surface area contributed by atoms with Gasteiger partial charge < -0.3 is 14.4 Å². The fourth-order valence-corrected chi connectivity index (χ4v) is 5.67. The molecule has 0 unspecified atom stereocenters. The molecule has 3 heterocycles. The number of nitrogens with zero attached hydrogens (tertiary/aromatic N) is 3. The third-order valence-electron chi connectivity index (χ3n) is 6.26. The molecule has 2 aromatic heterocycles. The van der Waals surface area contributed by atoms with E-state index in [1.165, 1.54) is 23.5 Å². The van der Waals surface area contributed by atoms with Crippen molar-refractivity contribution in [3.63, 3.8) is 0 Å². The number of carbonyl (C=O) groups excluding carboxylic acids is 2. The number of fused-ring (bicyclic) bond motifs is 1. The number of ether oxygens (including phenoxy) is 2. The Morgan fingerprint density at radius 1 is 1.13 bits per heavy atom. The molecule has 12 heteroatoms. The number of nitrogens with two attached hydrogens (primary N) is 1. The summed E-state index contributed by atoms with van der Waals surface area (Å²) in [6, 6.07) is 11.9. The molecule has 4 aromatic rings. The first-order chi connectivity index (χ1) is 18.2. The Bertz CT molecular complexity index is 1600. The molecule has 10 nitrogen and oxygen atoms in total. The van der Waals surface area contributed by atoms with E-state index in [-0.39, 0.29) is 23.1 Å². The molecular weight excluding hydrogens is 528 g/mol. The molecule has 0 bridgehead atoms. The van der Waals surface area contributed by atoms with Gasteiger partial charge in [0.1, 0.15) is 0 Å². The molecule has 38 heavy (non-hydrogen) atoms. The van der Waals surface area contributed by atoms with Crippen molar-refractivity contribution in [3.8, 4) is 5.13 Å². The minimum absolute atomic E-state index is 0.0383. The number of morpholine rings is 1. The number of amides is 1. The van der Waals surface area contributed by atoms with Gasteiger partial charge in [-0.3, -0.25) is 9.36 Å². The van der Waals surface area contributed by atoms with Crippen LogP contribution in [0.25, 0.3) is 16.0 Å². The number of hydrogen-bond acceptors (Lipinski definition) is 8. The number of sulfonamides is 1. The van der Waals surface area contributed by atoms with Gasteiger partial charge in [0.2, 0.25) is 10.0 Å². The average molecular weight is 555 g/mol. The van der Waals surface area contributed by atoms with E-state index in [2.05, 4.69) is 4.98 Å². The van der Waals surface area contributed by atoms with Crippen LogP contribution in [0.4, 0.5) is 0 Å². The van der Waals surface area contributed by atoms with Crippen molar-refractivity contribution in [2.75, 3.05) is 32.9 Å². The fraction of sp³-hybridized carbons (Fsp3) is 0.269. The van der Waals surface area contributed by atoms with Crippen molar-refractivity contribution in [1.82, 2.24) is 14.5 Å². The maximum Gasteiger partial charge on any atom is 0.357 e. The molecule has 5 rings (SSSR count). The molecule has 2 N–H and O–H groups in total. The van der Waals surface area contributed by atoms with Crippen molar-refractivity contribution in [1.29, 1.82) is 0 Å². The molecule has 1 aliphatic heterocycles. The Labute approximate surface area is 223 Å². The highest BCUT2D eigenvalue weighted by Crippen LogP contribution is 2.30. The van der Waals surface area contributed by atoms with Crippen molar-refractivity contribution in [3.05, 3.63) is 76.4 Å². The minimum atomic E-state index is -3.79. The van der Waals surface area contributed by atoms with E-state index in [1.54, 1.807) is 35.4 Å². The van der Waals surface area contributed by atoms with Crippen LogP contribution in [0.15, 0.2) is 58.9 Å². The molecule has 0 aliphatic carbocycles. The smallest absolute Gasteiger partial charge is 0.357 e. The van der Waals surface area contributed by atoms with Gasteiger partial charge in [0.05, 0.1) is 30.2 Å². The first-order valence-corrected chi connectivity index (χ1v) is 14.4. The first-order valence-electron chi connectivity index (χ1n) is 12.0. The second kappa shape index (κ2) is 10.7. The van der Waals surface area contributed by atoms with Crippen molar-refractivity contribution < 1.29 is 27.5 Å². The molecule has 0 atom stereocenters. The standard InChI is InChI=1S/C26H26N4O6S2/c1-2-36-25(32)22-16-37-26(28-22)30-15-19(13-17-3-6-20(7-4-17)38(27,33)34)21-14-18(5-8-23(21)30)24(31)29-9-11-35-12-10-29/h3-8,14-16H,2,9-13H2,1H3,(H2,27,33,34). The summed E-state index contributed by atoms with van der Waals surface area (Å²) < 4.78 is 35.6. The van der Waals surface area contributed by atoms with Gasteiger partial charge >= 0.3 is 5.97 Å². The van der Waals surface area contributed by atoms with Crippen LogP contribution in [0.1, 0.15) is 38.9 Å². The highest BCUT2D eigenvalue weighted by molar-refractivity contribution is 7.89. The number of benzene rings is 2. The molecule has 0 radical (unpaired) electrons. The number of carbonyl (C=O) groups is 2. The van der Waals surface area contributed by atoms with Crippen LogP contribution in [-0.2, 0) is 25.9 Å². The van der Waals surface area contributed by atoms with Gasteiger partial charge in [-0.15, -0.1) is 11.3 Å².